The molecular weight excluding hydrogens is 222 g/mol. The minimum absolute atomic E-state index is 0.119. The van der Waals surface area contributed by atoms with E-state index in [0.29, 0.717) is 5.56 Å². The van der Waals surface area contributed by atoms with Crippen LogP contribution in [-0.2, 0) is 4.74 Å². The smallest absolute Gasteiger partial charge is 0.126 e. The maximum atomic E-state index is 13.2. The van der Waals surface area contributed by atoms with Crippen LogP contribution in [0.1, 0.15) is 25.3 Å². The van der Waals surface area contributed by atoms with Gasteiger partial charge in [0.25, 0.3) is 0 Å². The van der Waals surface area contributed by atoms with Gasteiger partial charge in [0.05, 0.1) is 6.26 Å². The van der Waals surface area contributed by atoms with Gasteiger partial charge < -0.3 is 4.74 Å². The SMILES string of the molecule is CCCC1OC=CC=C1c1cc(F)cc(F)c1. The summed E-state index contributed by atoms with van der Waals surface area (Å²) in [6, 6.07) is 3.54. The van der Waals surface area contributed by atoms with E-state index >= 15 is 0 Å². The van der Waals surface area contributed by atoms with Crippen molar-refractivity contribution in [3.8, 4) is 0 Å². The second-order valence-electron chi connectivity index (χ2n) is 4.02. The molecule has 2 rings (SSSR count). The van der Waals surface area contributed by atoms with Crippen LogP contribution in [0.2, 0.25) is 0 Å². The van der Waals surface area contributed by atoms with E-state index in [2.05, 4.69) is 0 Å². The van der Waals surface area contributed by atoms with Crippen LogP contribution in [0.4, 0.5) is 8.78 Å². The highest BCUT2D eigenvalue weighted by Crippen LogP contribution is 2.28. The Morgan fingerprint density at radius 2 is 1.88 bits per heavy atom. The summed E-state index contributed by atoms with van der Waals surface area (Å²) in [6.45, 7) is 2.05. The Hall–Kier alpha value is -1.64. The maximum absolute atomic E-state index is 13.2. The molecule has 0 N–H and O–H groups in total. The lowest BCUT2D eigenvalue weighted by Gasteiger charge is -2.22. The third-order valence-corrected chi connectivity index (χ3v) is 2.69. The summed E-state index contributed by atoms with van der Waals surface area (Å²) >= 11 is 0. The van der Waals surface area contributed by atoms with Crippen molar-refractivity contribution in [1.82, 2.24) is 0 Å². The van der Waals surface area contributed by atoms with Gasteiger partial charge in [-0.15, -0.1) is 0 Å². The highest BCUT2D eigenvalue weighted by atomic mass is 19.1. The van der Waals surface area contributed by atoms with Crippen molar-refractivity contribution in [2.75, 3.05) is 0 Å². The molecule has 0 fully saturated rings. The lowest BCUT2D eigenvalue weighted by Crippen LogP contribution is -2.14. The monoisotopic (exact) mass is 236 g/mol. The van der Waals surface area contributed by atoms with Crippen molar-refractivity contribution in [3.63, 3.8) is 0 Å². The Bertz CT molecular complexity index is 443. The number of ether oxygens (including phenoxy) is 1. The molecule has 0 radical (unpaired) electrons. The standard InChI is InChI=1S/C14H14F2O/c1-2-4-14-13(5-3-6-17-14)10-7-11(15)9-12(16)8-10/h3,5-9,14H,2,4H2,1H3. The molecule has 0 bridgehead atoms. The van der Waals surface area contributed by atoms with Crippen molar-refractivity contribution in [3.05, 3.63) is 53.8 Å². The molecule has 0 saturated heterocycles. The van der Waals surface area contributed by atoms with Gasteiger partial charge in [0.1, 0.15) is 17.7 Å². The van der Waals surface area contributed by atoms with Crippen molar-refractivity contribution < 1.29 is 13.5 Å². The molecule has 3 heteroatoms. The summed E-state index contributed by atoms with van der Waals surface area (Å²) in [6.07, 6.45) is 6.86. The molecule has 0 aromatic heterocycles. The van der Waals surface area contributed by atoms with E-state index < -0.39 is 11.6 Å². The zero-order valence-electron chi connectivity index (χ0n) is 9.62. The van der Waals surface area contributed by atoms with E-state index in [9.17, 15) is 8.78 Å². The summed E-state index contributed by atoms with van der Waals surface area (Å²) in [5, 5.41) is 0. The van der Waals surface area contributed by atoms with Crippen molar-refractivity contribution in [2.45, 2.75) is 25.9 Å². The summed E-state index contributed by atoms with van der Waals surface area (Å²) in [5.41, 5.74) is 1.37. The normalized spacial score (nSPS) is 18.8. The average molecular weight is 236 g/mol. The number of rotatable bonds is 3. The summed E-state index contributed by atoms with van der Waals surface area (Å²) in [5.74, 6) is -1.13. The fourth-order valence-corrected chi connectivity index (χ4v) is 1.95. The van der Waals surface area contributed by atoms with E-state index in [1.165, 1.54) is 12.1 Å². The molecule has 1 nitrogen and oxygen atoms in total. The second kappa shape index (κ2) is 5.13. The number of benzene rings is 1. The third kappa shape index (κ3) is 2.73. The van der Waals surface area contributed by atoms with Gasteiger partial charge in [0.15, 0.2) is 0 Å². The van der Waals surface area contributed by atoms with Crippen LogP contribution >= 0.6 is 0 Å². The minimum atomic E-state index is -0.564. The van der Waals surface area contributed by atoms with Gasteiger partial charge in [-0.3, -0.25) is 0 Å². The first-order chi connectivity index (χ1) is 8.20. The molecule has 1 atom stereocenters. The molecule has 0 spiro atoms. The molecule has 1 unspecified atom stereocenters. The molecule has 0 aliphatic carbocycles. The van der Waals surface area contributed by atoms with Crippen LogP contribution < -0.4 is 0 Å². The van der Waals surface area contributed by atoms with Crippen LogP contribution in [0.5, 0.6) is 0 Å². The first kappa shape index (κ1) is 11.8. The third-order valence-electron chi connectivity index (χ3n) is 2.69. The fourth-order valence-electron chi connectivity index (χ4n) is 1.95. The molecule has 1 aliphatic heterocycles. The van der Waals surface area contributed by atoms with Crippen LogP contribution in [0.15, 0.2) is 36.6 Å². The molecule has 1 aromatic rings. The average Bonchev–Trinajstić information content (AvgIpc) is 2.29. The second-order valence-corrected chi connectivity index (χ2v) is 4.02. The predicted molar refractivity (Wildman–Crippen MR) is 63.3 cm³/mol. The highest BCUT2D eigenvalue weighted by molar-refractivity contribution is 5.71. The number of halogens is 2. The Morgan fingerprint density at radius 1 is 1.18 bits per heavy atom. The summed E-state index contributed by atoms with van der Waals surface area (Å²) in [7, 11) is 0. The molecule has 1 aliphatic rings. The van der Waals surface area contributed by atoms with E-state index in [4.69, 9.17) is 4.74 Å². The van der Waals surface area contributed by atoms with Crippen LogP contribution in [0, 0.1) is 11.6 Å². The molecule has 1 heterocycles. The van der Waals surface area contributed by atoms with E-state index in [-0.39, 0.29) is 6.10 Å². The Morgan fingerprint density at radius 3 is 2.53 bits per heavy atom. The van der Waals surface area contributed by atoms with Crippen LogP contribution in [-0.4, -0.2) is 6.10 Å². The molecule has 0 amide bonds. The van der Waals surface area contributed by atoms with Gasteiger partial charge in [0, 0.05) is 6.07 Å². The van der Waals surface area contributed by atoms with Crippen molar-refractivity contribution in [2.24, 2.45) is 0 Å². The van der Waals surface area contributed by atoms with Gasteiger partial charge in [0.2, 0.25) is 0 Å². The van der Waals surface area contributed by atoms with Gasteiger partial charge in [-0.25, -0.2) is 8.78 Å². The summed E-state index contributed by atoms with van der Waals surface area (Å²) in [4.78, 5) is 0. The fraction of sp³-hybridized carbons (Fsp3) is 0.286. The molecule has 17 heavy (non-hydrogen) atoms. The number of hydrogen-bond donors (Lipinski definition) is 0. The molecule has 1 aromatic carbocycles. The van der Waals surface area contributed by atoms with Crippen molar-refractivity contribution in [1.29, 1.82) is 0 Å². The van der Waals surface area contributed by atoms with Gasteiger partial charge in [-0.05, 0) is 35.8 Å². The first-order valence-electron chi connectivity index (χ1n) is 5.69. The van der Waals surface area contributed by atoms with E-state index in [1.54, 1.807) is 12.3 Å². The van der Waals surface area contributed by atoms with E-state index in [1.807, 2.05) is 13.0 Å². The Balaban J connectivity index is 2.35. The largest absolute Gasteiger partial charge is 0.493 e. The highest BCUT2D eigenvalue weighted by Gasteiger charge is 2.18. The zero-order valence-corrected chi connectivity index (χ0v) is 9.62. The number of hydrogen-bond acceptors (Lipinski definition) is 1. The number of allylic oxidation sites excluding steroid dienone is 2. The lowest BCUT2D eigenvalue weighted by molar-refractivity contribution is 0.182. The van der Waals surface area contributed by atoms with E-state index in [0.717, 1.165) is 24.5 Å². The Labute approximate surface area is 99.4 Å². The van der Waals surface area contributed by atoms with Crippen LogP contribution in [0.25, 0.3) is 5.57 Å². The topological polar surface area (TPSA) is 9.23 Å². The van der Waals surface area contributed by atoms with Crippen LogP contribution in [0.3, 0.4) is 0 Å². The summed E-state index contributed by atoms with van der Waals surface area (Å²) < 4.78 is 31.8. The molecular formula is C14H14F2O. The van der Waals surface area contributed by atoms with Gasteiger partial charge >= 0.3 is 0 Å². The Kier molecular flexibility index (Phi) is 3.57. The van der Waals surface area contributed by atoms with Gasteiger partial charge in [-0.2, -0.15) is 0 Å². The minimum Gasteiger partial charge on any atom is -0.493 e. The maximum Gasteiger partial charge on any atom is 0.126 e. The lowest BCUT2D eigenvalue weighted by atomic mass is 9.96. The predicted octanol–water partition coefficient (Wildman–Crippen LogP) is 4.06. The first-order valence-corrected chi connectivity index (χ1v) is 5.69. The quantitative estimate of drug-likeness (QED) is 0.769. The van der Waals surface area contributed by atoms with Gasteiger partial charge in [-0.1, -0.05) is 19.4 Å². The zero-order chi connectivity index (χ0) is 12.3. The molecule has 90 valence electrons. The molecule has 0 saturated carbocycles. The van der Waals surface area contributed by atoms with Crippen molar-refractivity contribution >= 4 is 5.57 Å².